The highest BCUT2D eigenvalue weighted by Crippen LogP contribution is 2.09. The van der Waals surface area contributed by atoms with Crippen LogP contribution in [-0.4, -0.2) is 28.9 Å². The minimum atomic E-state index is -0.962. The summed E-state index contributed by atoms with van der Waals surface area (Å²) < 4.78 is 5.32. The van der Waals surface area contributed by atoms with Gasteiger partial charge in [-0.05, 0) is 19.1 Å². The lowest BCUT2D eigenvalue weighted by Crippen LogP contribution is -2.26. The fourth-order valence-corrected chi connectivity index (χ4v) is 1.30. The van der Waals surface area contributed by atoms with Gasteiger partial charge in [0.25, 0.3) is 0 Å². The minimum Gasteiger partial charge on any atom is -0.481 e. The summed E-state index contributed by atoms with van der Waals surface area (Å²) >= 11 is 0. The highest BCUT2D eigenvalue weighted by molar-refractivity contribution is 5.80. The van der Waals surface area contributed by atoms with Crippen LogP contribution in [0.25, 0.3) is 0 Å². The smallest absolute Gasteiger partial charge is 0.303 e. The summed E-state index contributed by atoms with van der Waals surface area (Å²) in [6.45, 7) is 2.20. The summed E-state index contributed by atoms with van der Waals surface area (Å²) in [5.41, 5.74) is 0. The molecule has 0 saturated carbocycles. The van der Waals surface area contributed by atoms with E-state index in [1.54, 1.807) is 13.1 Å². The number of furan rings is 1. The van der Waals surface area contributed by atoms with E-state index in [0.717, 1.165) is 5.76 Å². The molecule has 0 fully saturated rings. The molecule has 1 aromatic heterocycles. The van der Waals surface area contributed by atoms with Gasteiger partial charge in [-0.1, -0.05) is 0 Å². The predicted molar refractivity (Wildman–Crippen MR) is 56.8 cm³/mol. The van der Waals surface area contributed by atoms with E-state index in [-0.39, 0.29) is 18.7 Å². The van der Waals surface area contributed by atoms with Gasteiger partial charge in [0.2, 0.25) is 5.91 Å². The Bertz CT molecular complexity index is 383. The molecule has 0 aromatic carbocycles. The van der Waals surface area contributed by atoms with Crippen LogP contribution in [0.3, 0.4) is 0 Å². The quantitative estimate of drug-likeness (QED) is 0.822. The van der Waals surface area contributed by atoms with Crippen LogP contribution in [0.4, 0.5) is 0 Å². The van der Waals surface area contributed by atoms with Crippen molar-refractivity contribution >= 4 is 11.9 Å². The minimum absolute atomic E-state index is 0.0194. The lowest BCUT2D eigenvalue weighted by molar-refractivity contribution is -0.140. The maximum Gasteiger partial charge on any atom is 0.303 e. The lowest BCUT2D eigenvalue weighted by Gasteiger charge is -2.14. The van der Waals surface area contributed by atoms with Gasteiger partial charge in [0.15, 0.2) is 0 Å². The van der Waals surface area contributed by atoms with Crippen LogP contribution in [0.15, 0.2) is 16.5 Å². The van der Waals surface area contributed by atoms with E-state index in [1.807, 2.05) is 13.0 Å². The normalized spacial score (nSPS) is 10.1. The van der Waals surface area contributed by atoms with Crippen LogP contribution >= 0.6 is 0 Å². The number of aryl methyl sites for hydroxylation is 1. The molecule has 0 atom stereocenters. The molecule has 88 valence electrons. The zero-order chi connectivity index (χ0) is 12.1. The molecule has 1 amide bonds. The molecule has 1 N–H and O–H groups in total. The number of carboxylic acid groups (broad SMARTS) is 1. The number of carbonyl (C=O) groups excluding carboxylic acids is 1. The van der Waals surface area contributed by atoms with Gasteiger partial charge in [0, 0.05) is 13.5 Å². The van der Waals surface area contributed by atoms with E-state index in [4.69, 9.17) is 9.52 Å². The maximum absolute atomic E-state index is 11.5. The number of rotatable bonds is 5. The van der Waals surface area contributed by atoms with Crippen LogP contribution in [0.2, 0.25) is 0 Å². The molecule has 0 aliphatic heterocycles. The van der Waals surface area contributed by atoms with Crippen molar-refractivity contribution in [1.29, 1.82) is 0 Å². The van der Waals surface area contributed by atoms with E-state index in [9.17, 15) is 9.59 Å². The zero-order valence-electron chi connectivity index (χ0n) is 9.40. The molecule has 0 radical (unpaired) electrons. The van der Waals surface area contributed by atoms with E-state index in [2.05, 4.69) is 0 Å². The number of hydrogen-bond donors (Lipinski definition) is 1. The van der Waals surface area contributed by atoms with Gasteiger partial charge in [-0.2, -0.15) is 0 Å². The second-order valence-electron chi connectivity index (χ2n) is 3.66. The van der Waals surface area contributed by atoms with E-state index in [1.165, 1.54) is 4.90 Å². The van der Waals surface area contributed by atoms with Crippen molar-refractivity contribution in [3.63, 3.8) is 0 Å². The molecular formula is C11H15NO4. The van der Waals surface area contributed by atoms with Crippen LogP contribution < -0.4 is 0 Å². The van der Waals surface area contributed by atoms with Gasteiger partial charge >= 0.3 is 5.97 Å². The summed E-state index contributed by atoms with van der Waals surface area (Å²) in [7, 11) is 1.63. The summed E-state index contributed by atoms with van der Waals surface area (Å²) in [5, 5.41) is 8.45. The molecular weight excluding hydrogens is 210 g/mol. The molecule has 5 heteroatoms. The maximum atomic E-state index is 11.5. The van der Waals surface area contributed by atoms with Crippen LogP contribution in [0, 0.1) is 6.92 Å². The molecule has 1 rings (SSSR count). The van der Waals surface area contributed by atoms with Gasteiger partial charge < -0.3 is 14.4 Å². The van der Waals surface area contributed by atoms with Crippen molar-refractivity contribution in [2.24, 2.45) is 0 Å². The van der Waals surface area contributed by atoms with Crippen LogP contribution in [-0.2, 0) is 16.1 Å². The average molecular weight is 225 g/mol. The SMILES string of the molecule is Cc1ccc(CN(C)C(=O)CCC(=O)O)o1. The van der Waals surface area contributed by atoms with Crippen LogP contribution in [0.5, 0.6) is 0 Å². The third-order valence-corrected chi connectivity index (χ3v) is 2.17. The molecule has 16 heavy (non-hydrogen) atoms. The van der Waals surface area contributed by atoms with Crippen molar-refractivity contribution in [2.45, 2.75) is 26.3 Å². The molecule has 1 aromatic rings. The summed E-state index contributed by atoms with van der Waals surface area (Å²) in [6.07, 6.45) is -0.119. The first-order valence-corrected chi connectivity index (χ1v) is 5.00. The Kier molecular flexibility index (Phi) is 4.10. The fourth-order valence-electron chi connectivity index (χ4n) is 1.30. The number of nitrogens with zero attached hydrogens (tertiary/aromatic N) is 1. The third-order valence-electron chi connectivity index (χ3n) is 2.17. The Morgan fingerprint density at radius 1 is 1.38 bits per heavy atom. The van der Waals surface area contributed by atoms with Crippen molar-refractivity contribution < 1.29 is 19.1 Å². The van der Waals surface area contributed by atoms with Crippen LogP contribution in [0.1, 0.15) is 24.4 Å². The van der Waals surface area contributed by atoms with Crippen molar-refractivity contribution in [2.75, 3.05) is 7.05 Å². The van der Waals surface area contributed by atoms with E-state index >= 15 is 0 Å². The van der Waals surface area contributed by atoms with Crippen molar-refractivity contribution in [1.82, 2.24) is 4.90 Å². The zero-order valence-corrected chi connectivity index (χ0v) is 9.40. The Hall–Kier alpha value is -1.78. The predicted octanol–water partition coefficient (Wildman–Crippen LogP) is 1.41. The second-order valence-corrected chi connectivity index (χ2v) is 3.66. The van der Waals surface area contributed by atoms with Crippen molar-refractivity contribution in [3.05, 3.63) is 23.7 Å². The summed E-state index contributed by atoms with van der Waals surface area (Å²) in [4.78, 5) is 23.2. The molecule has 0 saturated heterocycles. The Labute approximate surface area is 93.7 Å². The van der Waals surface area contributed by atoms with Gasteiger partial charge in [-0.15, -0.1) is 0 Å². The Morgan fingerprint density at radius 3 is 2.56 bits per heavy atom. The third kappa shape index (κ3) is 3.76. The fraction of sp³-hybridized carbons (Fsp3) is 0.455. The molecule has 0 unspecified atom stereocenters. The first kappa shape index (κ1) is 12.3. The monoisotopic (exact) mass is 225 g/mol. The van der Waals surface area contributed by atoms with Crippen molar-refractivity contribution in [3.8, 4) is 0 Å². The van der Waals surface area contributed by atoms with Gasteiger partial charge in [0.05, 0.1) is 13.0 Å². The Morgan fingerprint density at radius 2 is 2.06 bits per heavy atom. The number of carbonyl (C=O) groups is 2. The van der Waals surface area contributed by atoms with E-state index in [0.29, 0.717) is 12.3 Å². The Balaban J connectivity index is 2.42. The number of hydrogen-bond acceptors (Lipinski definition) is 3. The first-order valence-electron chi connectivity index (χ1n) is 5.00. The second kappa shape index (κ2) is 5.34. The highest BCUT2D eigenvalue weighted by Gasteiger charge is 2.12. The number of aliphatic carboxylic acids is 1. The molecule has 5 nitrogen and oxygen atoms in total. The molecule has 0 aliphatic carbocycles. The lowest BCUT2D eigenvalue weighted by atomic mass is 10.3. The molecule has 0 aliphatic rings. The van der Waals surface area contributed by atoms with Gasteiger partial charge in [-0.3, -0.25) is 9.59 Å². The molecule has 0 spiro atoms. The topological polar surface area (TPSA) is 70.8 Å². The molecule has 1 heterocycles. The summed E-state index contributed by atoms with van der Waals surface area (Å²) in [6, 6.07) is 3.63. The molecule has 0 bridgehead atoms. The van der Waals surface area contributed by atoms with Gasteiger partial charge in [-0.25, -0.2) is 0 Å². The largest absolute Gasteiger partial charge is 0.481 e. The number of carboxylic acids is 1. The highest BCUT2D eigenvalue weighted by atomic mass is 16.4. The first-order chi connectivity index (χ1) is 7.49. The van der Waals surface area contributed by atoms with Gasteiger partial charge in [0.1, 0.15) is 11.5 Å². The summed E-state index contributed by atoms with van der Waals surface area (Å²) in [5.74, 6) is 0.331. The van der Waals surface area contributed by atoms with E-state index < -0.39 is 5.97 Å². The average Bonchev–Trinajstić information content (AvgIpc) is 2.60. The standard InChI is InChI=1S/C11H15NO4/c1-8-3-4-9(16-8)7-12(2)10(13)5-6-11(14)15/h3-4H,5-7H2,1-2H3,(H,14,15). The number of amides is 1.